The normalized spacial score (nSPS) is 18.9. The second-order valence-electron chi connectivity index (χ2n) is 7.34. The molecule has 28 heavy (non-hydrogen) atoms. The van der Waals surface area contributed by atoms with Crippen molar-refractivity contribution in [2.45, 2.75) is 38.3 Å². The number of nitrogens with zero attached hydrogens (tertiary/aromatic N) is 2. The van der Waals surface area contributed by atoms with E-state index in [0.717, 1.165) is 35.3 Å². The van der Waals surface area contributed by atoms with Gasteiger partial charge in [-0.3, -0.25) is 9.59 Å². The summed E-state index contributed by atoms with van der Waals surface area (Å²) in [6, 6.07) is 14.2. The number of carboxylic acids is 1. The van der Waals surface area contributed by atoms with Gasteiger partial charge >= 0.3 is 5.97 Å². The molecule has 0 spiro atoms. The van der Waals surface area contributed by atoms with Crippen LogP contribution < -0.4 is 4.90 Å². The van der Waals surface area contributed by atoms with Gasteiger partial charge in [0.25, 0.3) is 0 Å². The molecule has 0 unspecified atom stereocenters. The predicted molar refractivity (Wildman–Crippen MR) is 104 cm³/mol. The second-order valence-corrected chi connectivity index (χ2v) is 7.34. The van der Waals surface area contributed by atoms with Crippen LogP contribution in [0.3, 0.4) is 0 Å². The minimum absolute atomic E-state index is 0.125. The molecule has 6 nitrogen and oxygen atoms in total. The molecule has 1 atom stereocenters. The summed E-state index contributed by atoms with van der Waals surface area (Å²) in [5, 5.41) is 9.60. The van der Waals surface area contributed by atoms with Gasteiger partial charge in [-0.2, -0.15) is 0 Å². The van der Waals surface area contributed by atoms with Crippen molar-refractivity contribution in [1.29, 1.82) is 0 Å². The van der Waals surface area contributed by atoms with Crippen molar-refractivity contribution >= 4 is 23.5 Å². The van der Waals surface area contributed by atoms with E-state index in [2.05, 4.69) is 0 Å². The van der Waals surface area contributed by atoms with Crippen LogP contribution in [0.5, 0.6) is 0 Å². The van der Waals surface area contributed by atoms with Gasteiger partial charge in [0, 0.05) is 31.6 Å². The number of amides is 2. The Morgan fingerprint density at radius 3 is 2.39 bits per heavy atom. The Labute approximate surface area is 163 Å². The number of anilines is 1. The topological polar surface area (TPSA) is 77.9 Å². The SMILES string of the molecule is O=C(O)[C@@H]1Cc2ccccc2CN1C(=O)Cc1ccc(N2CCCC2=O)cc1. The highest BCUT2D eigenvalue weighted by molar-refractivity contribution is 5.95. The number of rotatable bonds is 4. The van der Waals surface area contributed by atoms with E-state index in [0.29, 0.717) is 19.4 Å². The predicted octanol–water partition coefficient (Wildman–Crippen LogP) is 2.39. The Morgan fingerprint density at radius 1 is 1.04 bits per heavy atom. The van der Waals surface area contributed by atoms with Crippen LogP contribution in [0.4, 0.5) is 5.69 Å². The smallest absolute Gasteiger partial charge is 0.326 e. The molecule has 2 aromatic carbocycles. The number of fused-ring (bicyclic) bond motifs is 1. The number of aliphatic carboxylic acids is 1. The first-order valence-corrected chi connectivity index (χ1v) is 9.51. The van der Waals surface area contributed by atoms with Crippen LogP contribution in [0.25, 0.3) is 0 Å². The van der Waals surface area contributed by atoms with Crippen LogP contribution in [0.2, 0.25) is 0 Å². The summed E-state index contributed by atoms with van der Waals surface area (Å²) in [6.07, 6.45) is 1.91. The quantitative estimate of drug-likeness (QED) is 0.886. The minimum Gasteiger partial charge on any atom is -0.480 e. The van der Waals surface area contributed by atoms with E-state index in [1.165, 1.54) is 4.90 Å². The maximum atomic E-state index is 12.9. The fourth-order valence-electron chi connectivity index (χ4n) is 4.00. The highest BCUT2D eigenvalue weighted by atomic mass is 16.4. The van der Waals surface area contributed by atoms with Crippen LogP contribution in [0.15, 0.2) is 48.5 Å². The number of hydrogen-bond acceptors (Lipinski definition) is 3. The van der Waals surface area contributed by atoms with Gasteiger partial charge in [0.15, 0.2) is 0 Å². The summed E-state index contributed by atoms with van der Waals surface area (Å²) in [6.45, 7) is 1.04. The molecule has 1 saturated heterocycles. The lowest BCUT2D eigenvalue weighted by Crippen LogP contribution is -2.49. The molecule has 0 radical (unpaired) electrons. The van der Waals surface area contributed by atoms with Crippen LogP contribution in [-0.4, -0.2) is 40.4 Å². The molecule has 0 aliphatic carbocycles. The Morgan fingerprint density at radius 2 is 1.75 bits per heavy atom. The molecule has 2 aliphatic heterocycles. The van der Waals surface area contributed by atoms with E-state index in [-0.39, 0.29) is 18.2 Å². The van der Waals surface area contributed by atoms with E-state index in [1.54, 1.807) is 4.90 Å². The maximum absolute atomic E-state index is 12.9. The first kappa shape index (κ1) is 18.2. The fourth-order valence-corrected chi connectivity index (χ4v) is 4.00. The third kappa shape index (κ3) is 3.50. The molecule has 1 N–H and O–H groups in total. The first-order chi connectivity index (χ1) is 13.5. The molecule has 2 heterocycles. The third-order valence-corrected chi connectivity index (χ3v) is 5.53. The number of carbonyl (C=O) groups excluding carboxylic acids is 2. The van der Waals surface area contributed by atoms with Crippen molar-refractivity contribution in [3.05, 3.63) is 65.2 Å². The minimum atomic E-state index is -0.981. The summed E-state index contributed by atoms with van der Waals surface area (Å²) in [4.78, 5) is 39.7. The van der Waals surface area contributed by atoms with Crippen LogP contribution in [0, 0.1) is 0 Å². The zero-order chi connectivity index (χ0) is 19.7. The van der Waals surface area contributed by atoms with E-state index < -0.39 is 12.0 Å². The van der Waals surface area contributed by atoms with E-state index in [4.69, 9.17) is 0 Å². The monoisotopic (exact) mass is 378 g/mol. The van der Waals surface area contributed by atoms with Gasteiger partial charge < -0.3 is 14.9 Å². The number of hydrogen-bond donors (Lipinski definition) is 1. The van der Waals surface area contributed by atoms with Crippen molar-refractivity contribution < 1.29 is 19.5 Å². The lowest BCUT2D eigenvalue weighted by molar-refractivity contribution is -0.151. The van der Waals surface area contributed by atoms with E-state index >= 15 is 0 Å². The average molecular weight is 378 g/mol. The zero-order valence-corrected chi connectivity index (χ0v) is 15.5. The largest absolute Gasteiger partial charge is 0.480 e. The highest BCUT2D eigenvalue weighted by Crippen LogP contribution is 2.25. The number of benzene rings is 2. The lowest BCUT2D eigenvalue weighted by atomic mass is 9.93. The van der Waals surface area contributed by atoms with Gasteiger partial charge in [0.1, 0.15) is 6.04 Å². The Bertz CT molecular complexity index is 922. The Balaban J connectivity index is 1.49. The molecule has 1 fully saturated rings. The van der Waals surface area contributed by atoms with Gasteiger partial charge in [-0.25, -0.2) is 4.79 Å². The van der Waals surface area contributed by atoms with Crippen LogP contribution in [0.1, 0.15) is 29.5 Å². The van der Waals surface area contributed by atoms with Gasteiger partial charge in [-0.15, -0.1) is 0 Å². The molecule has 6 heteroatoms. The van der Waals surface area contributed by atoms with Gasteiger partial charge in [-0.1, -0.05) is 36.4 Å². The van der Waals surface area contributed by atoms with Gasteiger partial charge in [0.2, 0.25) is 11.8 Å². The summed E-state index contributed by atoms with van der Waals surface area (Å²) in [5.41, 5.74) is 3.63. The average Bonchev–Trinajstić information content (AvgIpc) is 3.13. The Hall–Kier alpha value is -3.15. The van der Waals surface area contributed by atoms with Crippen LogP contribution >= 0.6 is 0 Å². The molecule has 4 rings (SSSR count). The zero-order valence-electron chi connectivity index (χ0n) is 15.5. The maximum Gasteiger partial charge on any atom is 0.326 e. The van der Waals surface area contributed by atoms with Crippen molar-refractivity contribution in [2.24, 2.45) is 0 Å². The number of carboxylic acid groups (broad SMARTS) is 1. The van der Waals surface area contributed by atoms with E-state index in [1.807, 2.05) is 48.5 Å². The molecule has 0 aromatic heterocycles. The Kier molecular flexibility index (Phi) is 4.86. The van der Waals surface area contributed by atoms with Gasteiger partial charge in [0.05, 0.1) is 6.42 Å². The summed E-state index contributed by atoms with van der Waals surface area (Å²) < 4.78 is 0. The molecule has 2 aliphatic rings. The molecular formula is C22H22N2O4. The molecule has 2 amide bonds. The first-order valence-electron chi connectivity index (χ1n) is 9.51. The van der Waals surface area contributed by atoms with E-state index in [9.17, 15) is 19.5 Å². The lowest BCUT2D eigenvalue weighted by Gasteiger charge is -2.34. The summed E-state index contributed by atoms with van der Waals surface area (Å²) >= 11 is 0. The standard InChI is InChI=1S/C22H22N2O4/c25-20-6-3-11-23(20)18-9-7-15(8-10-18)12-21(26)24-14-17-5-2-1-4-16(17)13-19(24)22(27)28/h1-2,4-5,7-10,19H,3,6,11-14H2,(H,27,28)/t19-/m0/s1. The highest BCUT2D eigenvalue weighted by Gasteiger charge is 2.34. The molecule has 0 saturated carbocycles. The van der Waals surface area contributed by atoms with Crippen molar-refractivity contribution in [2.75, 3.05) is 11.4 Å². The second kappa shape index (κ2) is 7.46. The van der Waals surface area contributed by atoms with Crippen molar-refractivity contribution in [1.82, 2.24) is 4.90 Å². The third-order valence-electron chi connectivity index (χ3n) is 5.53. The molecule has 2 aromatic rings. The molecule has 144 valence electrons. The van der Waals surface area contributed by atoms with Gasteiger partial charge in [-0.05, 0) is 35.2 Å². The fraction of sp³-hybridized carbons (Fsp3) is 0.318. The summed E-state index contributed by atoms with van der Waals surface area (Å²) in [5.74, 6) is -1.06. The summed E-state index contributed by atoms with van der Waals surface area (Å²) in [7, 11) is 0. The molecular weight excluding hydrogens is 356 g/mol. The number of carbonyl (C=O) groups is 3. The van der Waals surface area contributed by atoms with Crippen LogP contribution in [-0.2, 0) is 33.8 Å². The molecule has 0 bridgehead atoms. The van der Waals surface area contributed by atoms with Crippen molar-refractivity contribution in [3.63, 3.8) is 0 Å². The van der Waals surface area contributed by atoms with Crippen molar-refractivity contribution in [3.8, 4) is 0 Å².